The zero-order chi connectivity index (χ0) is 9.56. The zero-order valence-electron chi connectivity index (χ0n) is 9.13. The first-order chi connectivity index (χ1) is 5.70. The van der Waals surface area contributed by atoms with E-state index in [1.165, 1.54) is 12.8 Å². The van der Waals surface area contributed by atoms with Crippen LogP contribution < -0.4 is 0 Å². The Morgan fingerprint density at radius 3 is 2.08 bits per heavy atom. The van der Waals surface area contributed by atoms with E-state index in [0.29, 0.717) is 12.1 Å². The molecule has 0 amide bonds. The highest BCUT2D eigenvalue weighted by atomic mass is 16.5. The second-order valence-electron chi connectivity index (χ2n) is 3.34. The molecule has 1 fully saturated rings. The van der Waals surface area contributed by atoms with Crippen LogP contribution >= 0.6 is 0 Å². The maximum absolute atomic E-state index is 5.51. The van der Waals surface area contributed by atoms with Gasteiger partial charge in [0.25, 0.3) is 0 Å². The fourth-order valence-electron chi connectivity index (χ4n) is 1.28. The minimum Gasteiger partial charge on any atom is -0.377 e. The zero-order valence-corrected chi connectivity index (χ0v) is 9.13. The summed E-state index contributed by atoms with van der Waals surface area (Å²) < 4.78 is 5.51. The van der Waals surface area contributed by atoms with E-state index in [0.717, 1.165) is 6.61 Å². The molecule has 12 heavy (non-hydrogen) atoms. The van der Waals surface area contributed by atoms with Crippen molar-refractivity contribution in [2.75, 3.05) is 20.7 Å². The van der Waals surface area contributed by atoms with Gasteiger partial charge in [-0.25, -0.2) is 0 Å². The number of rotatable bonds is 1. The van der Waals surface area contributed by atoms with E-state index in [2.05, 4.69) is 25.9 Å². The lowest BCUT2D eigenvalue weighted by atomic mass is 10.1. The van der Waals surface area contributed by atoms with Crippen molar-refractivity contribution in [1.82, 2.24) is 4.90 Å². The van der Waals surface area contributed by atoms with Gasteiger partial charge in [-0.15, -0.1) is 0 Å². The first kappa shape index (κ1) is 11.9. The third kappa shape index (κ3) is 4.07. The molecule has 0 aromatic rings. The Kier molecular flexibility index (Phi) is 6.39. The van der Waals surface area contributed by atoms with E-state index in [-0.39, 0.29) is 0 Å². The standard InChI is InChI=1S/C8H17NO.C2H6/c1-7-4-5-8(6-10-7)9(2)3;1-2/h7-8H,4-6H2,1-3H3;1-2H3/t7-,8-;/m0./s1. The Morgan fingerprint density at radius 2 is 1.75 bits per heavy atom. The average Bonchev–Trinajstić information content (AvgIpc) is 2.09. The molecule has 2 heteroatoms. The van der Waals surface area contributed by atoms with Crippen LogP contribution in [-0.2, 0) is 4.74 Å². The molecule has 0 unspecified atom stereocenters. The minimum absolute atomic E-state index is 0.483. The molecular formula is C10H23NO. The fourth-order valence-corrected chi connectivity index (χ4v) is 1.28. The highest BCUT2D eigenvalue weighted by molar-refractivity contribution is 4.72. The molecule has 0 saturated carbocycles. The summed E-state index contributed by atoms with van der Waals surface area (Å²) in [6, 6.07) is 0.649. The van der Waals surface area contributed by atoms with E-state index in [9.17, 15) is 0 Å². The Balaban J connectivity index is 0.000000561. The van der Waals surface area contributed by atoms with Crippen LogP contribution in [0, 0.1) is 0 Å². The molecular weight excluding hydrogens is 150 g/mol. The molecule has 1 heterocycles. The number of hydrogen-bond donors (Lipinski definition) is 0. The summed E-state index contributed by atoms with van der Waals surface area (Å²) in [6.07, 6.45) is 2.98. The third-order valence-electron chi connectivity index (χ3n) is 2.21. The lowest BCUT2D eigenvalue weighted by Crippen LogP contribution is -2.38. The van der Waals surface area contributed by atoms with Gasteiger partial charge in [-0.2, -0.15) is 0 Å². The van der Waals surface area contributed by atoms with Crippen LogP contribution in [0.15, 0.2) is 0 Å². The number of nitrogens with zero attached hydrogens (tertiary/aromatic N) is 1. The Bertz CT molecular complexity index is 96.0. The number of ether oxygens (including phenoxy) is 1. The first-order valence-electron chi connectivity index (χ1n) is 4.98. The van der Waals surface area contributed by atoms with Crippen molar-refractivity contribution in [1.29, 1.82) is 0 Å². The molecule has 0 bridgehead atoms. The summed E-state index contributed by atoms with van der Waals surface area (Å²) >= 11 is 0. The van der Waals surface area contributed by atoms with Gasteiger partial charge in [0.2, 0.25) is 0 Å². The Hall–Kier alpha value is -0.0800. The van der Waals surface area contributed by atoms with Gasteiger partial charge in [0, 0.05) is 6.04 Å². The Morgan fingerprint density at radius 1 is 1.17 bits per heavy atom. The molecule has 0 aromatic heterocycles. The molecule has 74 valence electrons. The van der Waals surface area contributed by atoms with Crippen LogP contribution in [0.1, 0.15) is 33.6 Å². The van der Waals surface area contributed by atoms with Gasteiger partial charge in [-0.1, -0.05) is 13.8 Å². The first-order valence-corrected chi connectivity index (χ1v) is 4.98. The van der Waals surface area contributed by atoms with E-state index in [1.54, 1.807) is 0 Å². The summed E-state index contributed by atoms with van der Waals surface area (Å²) in [4.78, 5) is 2.24. The van der Waals surface area contributed by atoms with Crippen LogP contribution in [-0.4, -0.2) is 37.7 Å². The largest absolute Gasteiger partial charge is 0.377 e. The number of likely N-dealkylation sites (N-methyl/N-ethyl adjacent to an activating group) is 1. The van der Waals surface area contributed by atoms with Crippen molar-refractivity contribution >= 4 is 0 Å². The van der Waals surface area contributed by atoms with Crippen LogP contribution in [0.2, 0.25) is 0 Å². The van der Waals surface area contributed by atoms with Crippen molar-refractivity contribution in [2.45, 2.75) is 45.8 Å². The SMILES string of the molecule is CC.C[C@H]1CC[C@H](N(C)C)CO1. The molecule has 1 saturated heterocycles. The molecule has 0 N–H and O–H groups in total. The topological polar surface area (TPSA) is 12.5 Å². The minimum atomic E-state index is 0.483. The van der Waals surface area contributed by atoms with Gasteiger partial charge in [0.1, 0.15) is 0 Å². The average molecular weight is 173 g/mol. The predicted octanol–water partition coefficient (Wildman–Crippen LogP) is 2.14. The summed E-state index contributed by atoms with van der Waals surface area (Å²) in [6.45, 7) is 7.06. The van der Waals surface area contributed by atoms with E-state index in [4.69, 9.17) is 4.74 Å². The van der Waals surface area contributed by atoms with E-state index in [1.807, 2.05) is 13.8 Å². The number of hydrogen-bond acceptors (Lipinski definition) is 2. The van der Waals surface area contributed by atoms with Gasteiger partial charge in [0.15, 0.2) is 0 Å². The van der Waals surface area contributed by atoms with Crippen molar-refractivity contribution in [3.63, 3.8) is 0 Å². The molecule has 1 aliphatic rings. The van der Waals surface area contributed by atoms with Crippen molar-refractivity contribution in [2.24, 2.45) is 0 Å². The predicted molar refractivity (Wildman–Crippen MR) is 53.5 cm³/mol. The summed E-state index contributed by atoms with van der Waals surface area (Å²) in [5.41, 5.74) is 0. The van der Waals surface area contributed by atoms with Gasteiger partial charge in [-0.3, -0.25) is 0 Å². The maximum Gasteiger partial charge on any atom is 0.0625 e. The molecule has 2 nitrogen and oxygen atoms in total. The Labute approximate surface area is 76.9 Å². The van der Waals surface area contributed by atoms with E-state index >= 15 is 0 Å². The summed E-state index contributed by atoms with van der Waals surface area (Å²) in [5.74, 6) is 0. The summed E-state index contributed by atoms with van der Waals surface area (Å²) in [7, 11) is 4.23. The van der Waals surface area contributed by atoms with Crippen molar-refractivity contribution in [3.8, 4) is 0 Å². The van der Waals surface area contributed by atoms with Gasteiger partial charge in [-0.05, 0) is 33.9 Å². The monoisotopic (exact) mass is 173 g/mol. The van der Waals surface area contributed by atoms with Gasteiger partial charge >= 0.3 is 0 Å². The van der Waals surface area contributed by atoms with Gasteiger partial charge < -0.3 is 9.64 Å². The van der Waals surface area contributed by atoms with Crippen molar-refractivity contribution in [3.05, 3.63) is 0 Å². The van der Waals surface area contributed by atoms with Crippen LogP contribution in [0.5, 0.6) is 0 Å². The lowest BCUT2D eigenvalue weighted by molar-refractivity contribution is -0.0158. The second-order valence-corrected chi connectivity index (χ2v) is 3.34. The van der Waals surface area contributed by atoms with Crippen LogP contribution in [0.4, 0.5) is 0 Å². The normalized spacial score (nSPS) is 29.5. The molecule has 0 aliphatic carbocycles. The summed E-state index contributed by atoms with van der Waals surface area (Å²) in [5, 5.41) is 0. The van der Waals surface area contributed by atoms with Gasteiger partial charge in [0.05, 0.1) is 12.7 Å². The van der Waals surface area contributed by atoms with Crippen LogP contribution in [0.3, 0.4) is 0 Å². The highest BCUT2D eigenvalue weighted by Crippen LogP contribution is 2.15. The molecule has 0 aromatic carbocycles. The second kappa shape index (κ2) is 6.44. The quantitative estimate of drug-likeness (QED) is 0.602. The molecule has 2 atom stereocenters. The highest BCUT2D eigenvalue weighted by Gasteiger charge is 2.19. The molecule has 0 radical (unpaired) electrons. The maximum atomic E-state index is 5.51. The lowest BCUT2D eigenvalue weighted by Gasteiger charge is -2.31. The molecule has 0 spiro atoms. The van der Waals surface area contributed by atoms with E-state index < -0.39 is 0 Å². The molecule has 1 rings (SSSR count). The third-order valence-corrected chi connectivity index (χ3v) is 2.21. The fraction of sp³-hybridized carbons (Fsp3) is 1.00. The van der Waals surface area contributed by atoms with Crippen LogP contribution in [0.25, 0.3) is 0 Å². The van der Waals surface area contributed by atoms with Crippen molar-refractivity contribution < 1.29 is 4.74 Å². The molecule has 1 aliphatic heterocycles. The smallest absolute Gasteiger partial charge is 0.0625 e.